The summed E-state index contributed by atoms with van der Waals surface area (Å²) in [7, 11) is 0. The molecule has 1 heteroatoms. The van der Waals surface area contributed by atoms with Crippen LogP contribution in [-0.2, 0) is 6.42 Å². The molecule has 0 spiro atoms. The molecule has 1 fully saturated rings. The fourth-order valence-corrected chi connectivity index (χ4v) is 2.58. The number of allylic oxidation sites excluding steroid dienone is 1. The maximum atomic E-state index is 3.96. The van der Waals surface area contributed by atoms with E-state index in [1.807, 2.05) is 6.08 Å². The molecule has 1 aromatic carbocycles. The van der Waals surface area contributed by atoms with Gasteiger partial charge in [0.1, 0.15) is 0 Å². The second-order valence-electron chi connectivity index (χ2n) is 4.69. The zero-order chi connectivity index (χ0) is 12.1. The van der Waals surface area contributed by atoms with E-state index in [4.69, 9.17) is 0 Å². The van der Waals surface area contributed by atoms with Crippen LogP contribution < -0.4 is 5.32 Å². The molecule has 0 saturated carbocycles. The third-order valence-electron chi connectivity index (χ3n) is 3.45. The lowest BCUT2D eigenvalue weighted by atomic mass is 9.92. The van der Waals surface area contributed by atoms with Crippen molar-refractivity contribution in [2.24, 2.45) is 5.92 Å². The Morgan fingerprint density at radius 2 is 2.35 bits per heavy atom. The van der Waals surface area contributed by atoms with E-state index in [0.29, 0.717) is 0 Å². The van der Waals surface area contributed by atoms with Crippen molar-refractivity contribution in [3.05, 3.63) is 47.5 Å². The van der Waals surface area contributed by atoms with Gasteiger partial charge in [0.15, 0.2) is 0 Å². The smallest absolute Gasteiger partial charge is 0.00169 e. The quantitative estimate of drug-likeness (QED) is 0.830. The first-order chi connectivity index (χ1) is 8.35. The van der Waals surface area contributed by atoms with E-state index < -0.39 is 0 Å². The van der Waals surface area contributed by atoms with Gasteiger partial charge in [-0.2, -0.15) is 0 Å². The minimum Gasteiger partial charge on any atom is -0.316 e. The molecular weight excluding hydrogens is 206 g/mol. The summed E-state index contributed by atoms with van der Waals surface area (Å²) < 4.78 is 0. The molecule has 1 saturated heterocycles. The van der Waals surface area contributed by atoms with Crippen LogP contribution in [0.4, 0.5) is 0 Å². The number of benzene rings is 1. The Morgan fingerprint density at radius 1 is 1.47 bits per heavy atom. The standard InChI is InChI=1S/C16H21N/c1-3-6-14-7-5-8-15(16(14)4-2)11-13-9-10-17-12-13/h3-8,13,17H,2,9-12H2,1H3/b6-3-. The summed E-state index contributed by atoms with van der Waals surface area (Å²) in [6.07, 6.45) is 8.70. The Balaban J connectivity index is 2.25. The molecule has 0 amide bonds. The van der Waals surface area contributed by atoms with Gasteiger partial charge in [-0.05, 0) is 55.5 Å². The van der Waals surface area contributed by atoms with Gasteiger partial charge in [0.2, 0.25) is 0 Å². The highest BCUT2D eigenvalue weighted by atomic mass is 14.9. The first kappa shape index (κ1) is 12.1. The van der Waals surface area contributed by atoms with E-state index in [1.165, 1.54) is 36.1 Å². The summed E-state index contributed by atoms with van der Waals surface area (Å²) in [5, 5.41) is 3.43. The fraction of sp³-hybridized carbons (Fsp3) is 0.375. The van der Waals surface area contributed by atoms with Crippen LogP contribution in [-0.4, -0.2) is 13.1 Å². The van der Waals surface area contributed by atoms with Crippen molar-refractivity contribution in [1.29, 1.82) is 0 Å². The highest BCUT2D eigenvalue weighted by Gasteiger charge is 2.16. The summed E-state index contributed by atoms with van der Waals surface area (Å²) in [6, 6.07) is 6.55. The van der Waals surface area contributed by atoms with E-state index in [2.05, 4.69) is 49.2 Å². The average molecular weight is 227 g/mol. The van der Waals surface area contributed by atoms with Gasteiger partial charge in [0, 0.05) is 0 Å². The van der Waals surface area contributed by atoms with Crippen molar-refractivity contribution in [3.8, 4) is 0 Å². The van der Waals surface area contributed by atoms with E-state index in [0.717, 1.165) is 12.5 Å². The van der Waals surface area contributed by atoms with Crippen LogP contribution in [0.3, 0.4) is 0 Å². The van der Waals surface area contributed by atoms with E-state index in [9.17, 15) is 0 Å². The Morgan fingerprint density at radius 3 is 3.00 bits per heavy atom. The molecule has 1 aliphatic rings. The van der Waals surface area contributed by atoms with Gasteiger partial charge in [0.25, 0.3) is 0 Å². The molecule has 0 bridgehead atoms. The van der Waals surface area contributed by atoms with Gasteiger partial charge in [-0.1, -0.05) is 43.0 Å². The lowest BCUT2D eigenvalue weighted by Crippen LogP contribution is -2.11. The summed E-state index contributed by atoms with van der Waals surface area (Å²) in [4.78, 5) is 0. The molecule has 1 unspecified atom stereocenters. The van der Waals surface area contributed by atoms with Gasteiger partial charge >= 0.3 is 0 Å². The monoisotopic (exact) mass is 227 g/mol. The van der Waals surface area contributed by atoms with Crippen LogP contribution in [0.25, 0.3) is 12.2 Å². The SMILES string of the molecule is C=Cc1c(/C=C\C)cccc1CC1CCNC1. The summed E-state index contributed by atoms with van der Waals surface area (Å²) in [5.41, 5.74) is 4.02. The topological polar surface area (TPSA) is 12.0 Å². The second kappa shape index (κ2) is 5.83. The fourth-order valence-electron chi connectivity index (χ4n) is 2.58. The van der Waals surface area contributed by atoms with Crippen molar-refractivity contribution in [2.45, 2.75) is 19.8 Å². The molecule has 0 aromatic heterocycles. The van der Waals surface area contributed by atoms with Crippen molar-refractivity contribution >= 4 is 12.2 Å². The Kier molecular flexibility index (Phi) is 4.16. The minimum atomic E-state index is 0.787. The van der Waals surface area contributed by atoms with Gasteiger partial charge in [0.05, 0.1) is 0 Å². The van der Waals surface area contributed by atoms with Gasteiger partial charge in [-0.15, -0.1) is 0 Å². The molecule has 1 aromatic rings. The number of nitrogens with one attached hydrogen (secondary N) is 1. The van der Waals surface area contributed by atoms with Gasteiger partial charge < -0.3 is 5.32 Å². The van der Waals surface area contributed by atoms with E-state index in [-0.39, 0.29) is 0 Å². The molecule has 1 aliphatic heterocycles. The maximum Gasteiger partial charge on any atom is -0.00169 e. The third kappa shape index (κ3) is 2.86. The first-order valence-corrected chi connectivity index (χ1v) is 6.43. The molecular formula is C16H21N. The Bertz CT molecular complexity index is 412. The molecule has 1 N–H and O–H groups in total. The zero-order valence-corrected chi connectivity index (χ0v) is 10.6. The minimum absolute atomic E-state index is 0.787. The molecule has 2 rings (SSSR count). The molecule has 0 aliphatic carbocycles. The normalized spacial score (nSPS) is 19.9. The largest absolute Gasteiger partial charge is 0.316 e. The van der Waals surface area contributed by atoms with Crippen LogP contribution in [0.1, 0.15) is 30.0 Å². The third-order valence-corrected chi connectivity index (χ3v) is 3.45. The predicted octanol–water partition coefficient (Wildman–Crippen LogP) is 3.51. The van der Waals surface area contributed by atoms with Gasteiger partial charge in [-0.3, -0.25) is 0 Å². The molecule has 1 heterocycles. The number of rotatable bonds is 4. The predicted molar refractivity (Wildman–Crippen MR) is 75.9 cm³/mol. The van der Waals surface area contributed by atoms with Crippen LogP contribution in [0.15, 0.2) is 30.9 Å². The van der Waals surface area contributed by atoms with E-state index >= 15 is 0 Å². The van der Waals surface area contributed by atoms with E-state index in [1.54, 1.807) is 0 Å². The van der Waals surface area contributed by atoms with Crippen molar-refractivity contribution in [2.75, 3.05) is 13.1 Å². The number of hydrogen-bond donors (Lipinski definition) is 1. The summed E-state index contributed by atoms with van der Waals surface area (Å²) in [5.74, 6) is 0.787. The molecule has 0 radical (unpaired) electrons. The molecule has 1 nitrogen and oxygen atoms in total. The Labute approximate surface area is 104 Å². The van der Waals surface area contributed by atoms with Crippen LogP contribution in [0.2, 0.25) is 0 Å². The van der Waals surface area contributed by atoms with Crippen LogP contribution >= 0.6 is 0 Å². The second-order valence-corrected chi connectivity index (χ2v) is 4.69. The molecule has 1 atom stereocenters. The van der Waals surface area contributed by atoms with Crippen molar-refractivity contribution in [1.82, 2.24) is 5.32 Å². The zero-order valence-electron chi connectivity index (χ0n) is 10.6. The van der Waals surface area contributed by atoms with Crippen LogP contribution in [0.5, 0.6) is 0 Å². The summed E-state index contributed by atoms with van der Waals surface area (Å²) in [6.45, 7) is 8.34. The first-order valence-electron chi connectivity index (χ1n) is 6.43. The molecule has 17 heavy (non-hydrogen) atoms. The lowest BCUT2D eigenvalue weighted by Gasteiger charge is -2.13. The van der Waals surface area contributed by atoms with Crippen molar-refractivity contribution < 1.29 is 0 Å². The number of hydrogen-bond acceptors (Lipinski definition) is 1. The van der Waals surface area contributed by atoms with Crippen molar-refractivity contribution in [3.63, 3.8) is 0 Å². The maximum absolute atomic E-state index is 3.96. The molecule has 90 valence electrons. The average Bonchev–Trinajstić information content (AvgIpc) is 2.83. The Hall–Kier alpha value is -1.34. The highest BCUT2D eigenvalue weighted by molar-refractivity contribution is 5.67. The van der Waals surface area contributed by atoms with Gasteiger partial charge in [-0.25, -0.2) is 0 Å². The lowest BCUT2D eigenvalue weighted by molar-refractivity contribution is 0.580. The van der Waals surface area contributed by atoms with Crippen LogP contribution in [0, 0.1) is 5.92 Å². The summed E-state index contributed by atoms with van der Waals surface area (Å²) >= 11 is 0. The highest BCUT2D eigenvalue weighted by Crippen LogP contribution is 2.23.